The van der Waals surface area contributed by atoms with Crippen LogP contribution < -0.4 is 0 Å². The first-order chi connectivity index (χ1) is 23.6. The molecule has 0 saturated heterocycles. The lowest BCUT2D eigenvalue weighted by Gasteiger charge is -2.02. The molecular formula is C42H62Br2S4. The summed E-state index contributed by atoms with van der Waals surface area (Å²) in [7, 11) is 0. The highest BCUT2D eigenvalue weighted by atomic mass is 79.9. The normalized spacial score (nSPS) is 11.8. The van der Waals surface area contributed by atoms with Crippen LogP contribution in [0, 0.1) is 0 Å². The quantitative estimate of drug-likeness (QED) is 0.0499. The predicted molar refractivity (Wildman–Crippen MR) is 231 cm³/mol. The van der Waals surface area contributed by atoms with Gasteiger partial charge in [0.1, 0.15) is 0 Å². The first-order valence-corrected chi connectivity index (χ1v) is 24.5. The van der Waals surface area contributed by atoms with Gasteiger partial charge >= 0.3 is 0 Å². The standard InChI is InChI=1S/C42H62Br2S4/c1-3-5-7-9-11-13-15-17-19-21-23-25-27-33-29-35(41(43)45-33)37-31-39-40(47-37)32-38(48-39)36-30-34(46-42(36)44)28-26-24-22-20-18-16-14-12-10-8-6-4-2/h29-32H,3-28H2,1-2H3. The van der Waals surface area contributed by atoms with E-state index in [9.17, 15) is 0 Å². The van der Waals surface area contributed by atoms with Crippen molar-refractivity contribution in [2.45, 2.75) is 181 Å². The van der Waals surface area contributed by atoms with Gasteiger partial charge in [0.05, 0.1) is 7.57 Å². The molecule has 0 amide bonds. The van der Waals surface area contributed by atoms with Crippen LogP contribution in [0.15, 0.2) is 31.8 Å². The van der Waals surface area contributed by atoms with Gasteiger partial charge in [0.15, 0.2) is 0 Å². The van der Waals surface area contributed by atoms with Gasteiger partial charge < -0.3 is 0 Å². The number of halogens is 2. The van der Waals surface area contributed by atoms with Gasteiger partial charge in [-0.2, -0.15) is 0 Å². The summed E-state index contributed by atoms with van der Waals surface area (Å²) in [4.78, 5) is 5.88. The van der Waals surface area contributed by atoms with E-state index >= 15 is 0 Å². The Labute approximate surface area is 327 Å². The maximum Gasteiger partial charge on any atom is 0.0787 e. The Morgan fingerprint density at radius 1 is 0.375 bits per heavy atom. The van der Waals surface area contributed by atoms with E-state index in [1.54, 1.807) is 0 Å². The zero-order chi connectivity index (χ0) is 33.8. The zero-order valence-corrected chi connectivity index (χ0v) is 36.5. The van der Waals surface area contributed by atoms with E-state index < -0.39 is 0 Å². The van der Waals surface area contributed by atoms with Gasteiger partial charge in [0.2, 0.25) is 0 Å². The summed E-state index contributed by atoms with van der Waals surface area (Å²) >= 11 is 15.6. The average Bonchev–Trinajstić information content (AvgIpc) is 3.84. The Morgan fingerprint density at radius 3 is 0.979 bits per heavy atom. The van der Waals surface area contributed by atoms with Crippen LogP contribution in [-0.2, 0) is 12.8 Å². The van der Waals surface area contributed by atoms with Gasteiger partial charge in [0, 0.05) is 40.0 Å². The summed E-state index contributed by atoms with van der Waals surface area (Å²) in [6, 6.07) is 9.78. The summed E-state index contributed by atoms with van der Waals surface area (Å²) in [6.07, 6.45) is 36.4. The van der Waals surface area contributed by atoms with Crippen molar-refractivity contribution in [1.29, 1.82) is 0 Å². The topological polar surface area (TPSA) is 0 Å². The van der Waals surface area contributed by atoms with E-state index in [1.165, 1.54) is 215 Å². The number of rotatable bonds is 28. The number of fused-ring (bicyclic) bond motifs is 1. The van der Waals surface area contributed by atoms with E-state index in [0.717, 1.165) is 0 Å². The van der Waals surface area contributed by atoms with E-state index in [-0.39, 0.29) is 0 Å². The third-order valence-corrected chi connectivity index (χ3v) is 15.9. The molecule has 268 valence electrons. The van der Waals surface area contributed by atoms with E-state index in [1.807, 2.05) is 45.3 Å². The van der Waals surface area contributed by atoms with Crippen molar-refractivity contribution in [3.8, 4) is 20.9 Å². The van der Waals surface area contributed by atoms with Crippen molar-refractivity contribution in [3.63, 3.8) is 0 Å². The van der Waals surface area contributed by atoms with E-state index in [2.05, 4.69) is 70.0 Å². The Hall–Kier alpha value is 0.0200. The molecule has 0 bridgehead atoms. The molecule has 6 heteroatoms. The predicted octanol–water partition coefficient (Wildman–Crippen LogP) is 18.4. The van der Waals surface area contributed by atoms with Gasteiger partial charge in [0.25, 0.3) is 0 Å². The van der Waals surface area contributed by atoms with Crippen LogP contribution in [0.4, 0.5) is 0 Å². The maximum atomic E-state index is 3.92. The summed E-state index contributed by atoms with van der Waals surface area (Å²) < 4.78 is 5.44. The number of unbranched alkanes of at least 4 members (excludes halogenated alkanes) is 22. The lowest BCUT2D eigenvalue weighted by molar-refractivity contribution is 0.544. The highest BCUT2D eigenvalue weighted by Gasteiger charge is 2.17. The summed E-state index contributed by atoms with van der Waals surface area (Å²) in [5, 5.41) is 0. The molecule has 4 heterocycles. The fourth-order valence-corrected chi connectivity index (χ4v) is 13.4. The molecule has 0 spiro atoms. The molecule has 4 aromatic rings. The van der Waals surface area contributed by atoms with Crippen molar-refractivity contribution in [1.82, 2.24) is 0 Å². The Kier molecular flexibility index (Phi) is 20.6. The highest BCUT2D eigenvalue weighted by molar-refractivity contribution is 9.11. The molecule has 0 saturated carbocycles. The molecule has 4 rings (SSSR count). The van der Waals surface area contributed by atoms with Gasteiger partial charge in [-0.3, -0.25) is 0 Å². The molecule has 0 atom stereocenters. The molecule has 0 aliphatic carbocycles. The van der Waals surface area contributed by atoms with Gasteiger partial charge in [-0.1, -0.05) is 155 Å². The number of hydrogen-bond acceptors (Lipinski definition) is 4. The molecule has 0 fully saturated rings. The average molecular weight is 855 g/mol. The van der Waals surface area contributed by atoms with Gasteiger partial charge in [-0.05, 0) is 81.8 Å². The molecule has 0 aliphatic heterocycles. The van der Waals surface area contributed by atoms with Crippen molar-refractivity contribution < 1.29 is 0 Å². The summed E-state index contributed by atoms with van der Waals surface area (Å²) in [6.45, 7) is 4.60. The minimum atomic E-state index is 1.22. The lowest BCUT2D eigenvalue weighted by atomic mass is 10.0. The minimum absolute atomic E-state index is 1.22. The molecule has 0 aromatic carbocycles. The molecule has 0 aliphatic rings. The third kappa shape index (κ3) is 14.6. The molecule has 0 nitrogen and oxygen atoms in total. The monoisotopic (exact) mass is 852 g/mol. The molecule has 0 radical (unpaired) electrons. The van der Waals surface area contributed by atoms with Gasteiger partial charge in [-0.15, -0.1) is 45.3 Å². The summed E-state index contributed by atoms with van der Waals surface area (Å²) in [5.74, 6) is 0. The van der Waals surface area contributed by atoms with E-state index in [4.69, 9.17) is 0 Å². The van der Waals surface area contributed by atoms with Crippen molar-refractivity contribution in [2.24, 2.45) is 0 Å². The number of thiophene rings is 4. The SMILES string of the molecule is CCCCCCCCCCCCCCc1cc(-c2cc3sc(-c4cc(CCCCCCCCCCCCCC)sc4Br)cc3s2)c(Br)s1. The first kappa shape index (κ1) is 40.8. The Morgan fingerprint density at radius 2 is 0.667 bits per heavy atom. The number of hydrogen-bond donors (Lipinski definition) is 0. The fraction of sp³-hybridized carbons (Fsp3) is 0.667. The van der Waals surface area contributed by atoms with Gasteiger partial charge in [-0.25, -0.2) is 0 Å². The second-order valence-electron chi connectivity index (χ2n) is 14.0. The van der Waals surface area contributed by atoms with Crippen LogP contribution in [0.5, 0.6) is 0 Å². The molecule has 48 heavy (non-hydrogen) atoms. The second kappa shape index (κ2) is 24.3. The fourth-order valence-electron chi connectivity index (χ4n) is 6.80. The number of aryl methyl sites for hydroxylation is 2. The maximum absolute atomic E-state index is 3.92. The first-order valence-electron chi connectivity index (χ1n) is 19.7. The summed E-state index contributed by atoms with van der Waals surface area (Å²) in [5.41, 5.74) is 2.79. The van der Waals surface area contributed by atoms with Crippen LogP contribution in [0.3, 0.4) is 0 Å². The largest absolute Gasteiger partial charge is 0.134 e. The van der Waals surface area contributed by atoms with Crippen molar-refractivity contribution in [2.75, 3.05) is 0 Å². The van der Waals surface area contributed by atoms with Crippen molar-refractivity contribution >= 4 is 86.6 Å². The van der Waals surface area contributed by atoms with Crippen LogP contribution >= 0.6 is 77.2 Å². The van der Waals surface area contributed by atoms with Crippen LogP contribution in [0.25, 0.3) is 30.3 Å². The molecule has 4 aromatic heterocycles. The van der Waals surface area contributed by atoms with Crippen LogP contribution in [0.2, 0.25) is 0 Å². The zero-order valence-electron chi connectivity index (χ0n) is 30.1. The highest BCUT2D eigenvalue weighted by Crippen LogP contribution is 2.47. The second-order valence-corrected chi connectivity index (χ2v) is 21.1. The lowest BCUT2D eigenvalue weighted by Crippen LogP contribution is -1.84. The molecule has 0 unspecified atom stereocenters. The Balaban J connectivity index is 1.14. The third-order valence-electron chi connectivity index (χ3n) is 9.77. The van der Waals surface area contributed by atoms with Crippen LogP contribution in [-0.4, -0.2) is 0 Å². The molecular weight excluding hydrogens is 793 g/mol. The van der Waals surface area contributed by atoms with Crippen LogP contribution in [0.1, 0.15) is 178 Å². The van der Waals surface area contributed by atoms with Crippen molar-refractivity contribution in [3.05, 3.63) is 41.6 Å². The minimum Gasteiger partial charge on any atom is -0.134 e. The Bertz CT molecular complexity index is 1270. The van der Waals surface area contributed by atoms with E-state index in [0.29, 0.717) is 0 Å². The molecule has 0 N–H and O–H groups in total. The smallest absolute Gasteiger partial charge is 0.0787 e.